The number of carbonyl (C=O) groups is 1. The first-order valence-electron chi connectivity index (χ1n) is 6.90. The lowest BCUT2D eigenvalue weighted by Gasteiger charge is -2.07. The fourth-order valence-electron chi connectivity index (χ4n) is 2.02. The van der Waals surface area contributed by atoms with Crippen LogP contribution in [0.3, 0.4) is 0 Å². The van der Waals surface area contributed by atoms with E-state index in [-0.39, 0.29) is 5.91 Å². The molecule has 0 spiro atoms. The van der Waals surface area contributed by atoms with Gasteiger partial charge < -0.3 is 15.6 Å². The highest BCUT2D eigenvalue weighted by atomic mass is 32.1. The molecular weight excluding hydrogens is 302 g/mol. The number of nitrogens with one attached hydrogen (secondary N) is 1. The summed E-state index contributed by atoms with van der Waals surface area (Å²) in [4.78, 5) is 12.8. The van der Waals surface area contributed by atoms with E-state index >= 15 is 0 Å². The van der Waals surface area contributed by atoms with Crippen LogP contribution in [-0.2, 0) is 6.54 Å². The zero-order valence-electron chi connectivity index (χ0n) is 12.2. The average molecular weight is 321 g/mol. The van der Waals surface area contributed by atoms with Gasteiger partial charge in [-0.1, -0.05) is 36.8 Å². The predicted octanol–water partition coefficient (Wildman–Crippen LogP) is 4.22. The summed E-state index contributed by atoms with van der Waals surface area (Å²) in [6.45, 7) is 4.85. The molecule has 21 heavy (non-hydrogen) atoms. The molecule has 0 radical (unpaired) electrons. The number of aryl methyl sites for hydroxylation is 1. The van der Waals surface area contributed by atoms with E-state index in [2.05, 4.69) is 12.2 Å². The van der Waals surface area contributed by atoms with Crippen LogP contribution in [0.5, 0.6) is 0 Å². The largest absolute Gasteiger partial charge is 0.384 e. The number of benzene rings is 1. The van der Waals surface area contributed by atoms with Crippen LogP contribution in [0.4, 0.5) is 11.5 Å². The van der Waals surface area contributed by atoms with E-state index in [1.165, 1.54) is 11.3 Å². The molecule has 1 heterocycles. The molecule has 0 aliphatic carbocycles. The Hall–Kier alpha value is -1.66. The number of anilines is 2. The molecule has 0 fully saturated rings. The Kier molecular flexibility index (Phi) is 5.14. The fourth-order valence-corrected chi connectivity index (χ4v) is 3.29. The topological polar surface area (TPSA) is 60.0 Å². The number of nitrogens with zero attached hydrogens (tertiary/aromatic N) is 1. The predicted molar refractivity (Wildman–Crippen MR) is 91.6 cm³/mol. The van der Waals surface area contributed by atoms with Gasteiger partial charge in [0.15, 0.2) is 3.95 Å². The normalized spacial score (nSPS) is 10.6. The number of unbranched alkanes of at least 4 members (excludes halogenated alkanes) is 1. The number of rotatable bonds is 5. The van der Waals surface area contributed by atoms with Gasteiger partial charge in [-0.25, -0.2) is 0 Å². The number of hydrogen-bond acceptors (Lipinski definition) is 4. The van der Waals surface area contributed by atoms with Gasteiger partial charge in [0, 0.05) is 12.2 Å². The van der Waals surface area contributed by atoms with Crippen LogP contribution in [0.1, 0.15) is 35.0 Å². The zero-order valence-corrected chi connectivity index (χ0v) is 13.8. The molecule has 1 aromatic heterocycles. The summed E-state index contributed by atoms with van der Waals surface area (Å²) in [6, 6.07) is 7.66. The number of nitrogens with two attached hydrogens (primary N) is 1. The molecule has 0 aliphatic rings. The van der Waals surface area contributed by atoms with Gasteiger partial charge in [-0.2, -0.15) is 0 Å². The Morgan fingerprint density at radius 1 is 1.48 bits per heavy atom. The van der Waals surface area contributed by atoms with Gasteiger partial charge in [-0.15, -0.1) is 0 Å². The Morgan fingerprint density at radius 3 is 2.90 bits per heavy atom. The monoisotopic (exact) mass is 321 g/mol. The van der Waals surface area contributed by atoms with Gasteiger partial charge in [-0.05, 0) is 43.3 Å². The summed E-state index contributed by atoms with van der Waals surface area (Å²) < 4.78 is 2.49. The smallest absolute Gasteiger partial charge is 0.269 e. The Bertz CT molecular complexity index is 703. The second-order valence-corrected chi connectivity index (χ2v) is 6.56. The van der Waals surface area contributed by atoms with Crippen molar-refractivity contribution in [2.45, 2.75) is 33.2 Å². The molecule has 0 aliphatic heterocycles. The molecule has 6 heteroatoms. The Balaban J connectivity index is 2.22. The van der Waals surface area contributed by atoms with Crippen molar-refractivity contribution >= 4 is 41.0 Å². The van der Waals surface area contributed by atoms with Gasteiger partial charge >= 0.3 is 0 Å². The molecule has 112 valence electrons. The average Bonchev–Trinajstić information content (AvgIpc) is 2.72. The van der Waals surface area contributed by atoms with Gasteiger partial charge in [-0.3, -0.25) is 4.79 Å². The van der Waals surface area contributed by atoms with Gasteiger partial charge in [0.25, 0.3) is 5.91 Å². The highest BCUT2D eigenvalue weighted by Gasteiger charge is 2.17. The molecule has 1 amide bonds. The highest BCUT2D eigenvalue weighted by molar-refractivity contribution is 7.73. The summed E-state index contributed by atoms with van der Waals surface area (Å²) >= 11 is 6.56. The standard InChI is InChI=1S/C15H19N3OS2/c1-3-4-8-18-13(16)12(21-15(18)20)14(19)17-11-7-5-6-10(2)9-11/h5-7,9H,3-4,8,16H2,1-2H3,(H,17,19). The minimum Gasteiger partial charge on any atom is -0.384 e. The van der Waals surface area contributed by atoms with Crippen molar-refractivity contribution in [1.29, 1.82) is 0 Å². The molecule has 2 aromatic rings. The molecule has 0 saturated heterocycles. The van der Waals surface area contributed by atoms with E-state index in [1.807, 2.05) is 35.8 Å². The molecule has 4 nitrogen and oxygen atoms in total. The quantitative estimate of drug-likeness (QED) is 0.811. The molecule has 3 N–H and O–H groups in total. The van der Waals surface area contributed by atoms with Crippen molar-refractivity contribution in [3.63, 3.8) is 0 Å². The summed E-state index contributed by atoms with van der Waals surface area (Å²) in [5, 5.41) is 2.87. The second-order valence-electron chi connectivity index (χ2n) is 4.91. The van der Waals surface area contributed by atoms with E-state index in [0.717, 1.165) is 30.6 Å². The number of thiazole rings is 1. The zero-order chi connectivity index (χ0) is 15.4. The van der Waals surface area contributed by atoms with E-state index in [1.54, 1.807) is 0 Å². The van der Waals surface area contributed by atoms with E-state index < -0.39 is 0 Å². The van der Waals surface area contributed by atoms with Gasteiger partial charge in [0.05, 0.1) is 0 Å². The van der Waals surface area contributed by atoms with Gasteiger partial charge in [0.2, 0.25) is 0 Å². The van der Waals surface area contributed by atoms with Crippen molar-refractivity contribution in [2.24, 2.45) is 0 Å². The Labute approximate surface area is 133 Å². The van der Waals surface area contributed by atoms with E-state index in [4.69, 9.17) is 18.0 Å². The third-order valence-electron chi connectivity index (χ3n) is 3.15. The molecule has 0 atom stereocenters. The summed E-state index contributed by atoms with van der Waals surface area (Å²) in [7, 11) is 0. The van der Waals surface area contributed by atoms with Crippen LogP contribution in [0, 0.1) is 10.9 Å². The first kappa shape index (κ1) is 15.7. The molecule has 0 bridgehead atoms. The number of aromatic nitrogens is 1. The minimum absolute atomic E-state index is 0.204. The molecule has 2 rings (SSSR count). The van der Waals surface area contributed by atoms with Gasteiger partial charge in [0.1, 0.15) is 10.7 Å². The lowest BCUT2D eigenvalue weighted by atomic mass is 10.2. The lowest BCUT2D eigenvalue weighted by molar-refractivity contribution is 0.103. The van der Waals surface area contributed by atoms with Crippen LogP contribution < -0.4 is 11.1 Å². The summed E-state index contributed by atoms with van der Waals surface area (Å²) in [5.41, 5.74) is 7.93. The number of carbonyl (C=O) groups excluding carboxylic acids is 1. The van der Waals surface area contributed by atoms with E-state index in [0.29, 0.717) is 14.6 Å². The maximum atomic E-state index is 12.3. The minimum atomic E-state index is -0.204. The molecule has 1 aromatic carbocycles. The lowest BCUT2D eigenvalue weighted by Crippen LogP contribution is -2.14. The SMILES string of the molecule is CCCCn1c(N)c(C(=O)Nc2cccc(C)c2)sc1=S. The van der Waals surface area contributed by atoms with Crippen LogP contribution in [-0.4, -0.2) is 10.5 Å². The molecule has 0 saturated carbocycles. The van der Waals surface area contributed by atoms with Crippen LogP contribution in [0.15, 0.2) is 24.3 Å². The maximum absolute atomic E-state index is 12.3. The van der Waals surface area contributed by atoms with Crippen molar-refractivity contribution in [3.05, 3.63) is 38.7 Å². The second kappa shape index (κ2) is 6.87. The molecular formula is C15H19N3OS2. The Morgan fingerprint density at radius 2 is 2.24 bits per heavy atom. The summed E-state index contributed by atoms with van der Waals surface area (Å²) in [6.07, 6.45) is 2.05. The van der Waals surface area contributed by atoms with Crippen molar-refractivity contribution in [3.8, 4) is 0 Å². The van der Waals surface area contributed by atoms with Crippen molar-refractivity contribution in [2.75, 3.05) is 11.1 Å². The first-order chi connectivity index (χ1) is 10.0. The number of nitrogen functional groups attached to an aromatic ring is 1. The number of amides is 1. The van der Waals surface area contributed by atoms with Crippen molar-refractivity contribution in [1.82, 2.24) is 4.57 Å². The number of hydrogen-bond donors (Lipinski definition) is 2. The van der Waals surface area contributed by atoms with Crippen molar-refractivity contribution < 1.29 is 4.79 Å². The first-order valence-corrected chi connectivity index (χ1v) is 8.12. The van der Waals surface area contributed by atoms with Crippen LogP contribution in [0.2, 0.25) is 0 Å². The fraction of sp³-hybridized carbons (Fsp3) is 0.333. The van der Waals surface area contributed by atoms with E-state index in [9.17, 15) is 4.79 Å². The highest BCUT2D eigenvalue weighted by Crippen LogP contribution is 2.24. The molecule has 0 unspecified atom stereocenters. The van der Waals surface area contributed by atoms with Crippen LogP contribution >= 0.6 is 23.6 Å². The summed E-state index contributed by atoms with van der Waals surface area (Å²) in [5.74, 6) is 0.257. The maximum Gasteiger partial charge on any atom is 0.269 e. The van der Waals surface area contributed by atoms with Crippen LogP contribution in [0.25, 0.3) is 0 Å². The third kappa shape index (κ3) is 3.71. The third-order valence-corrected chi connectivity index (χ3v) is 4.61.